The molecule has 0 atom stereocenters. The van der Waals surface area contributed by atoms with E-state index in [1.54, 1.807) is 19.5 Å². The van der Waals surface area contributed by atoms with Crippen LogP contribution in [0, 0.1) is 0 Å². The van der Waals surface area contributed by atoms with Crippen LogP contribution in [0.25, 0.3) is 0 Å². The van der Waals surface area contributed by atoms with Crippen molar-refractivity contribution in [2.75, 3.05) is 7.11 Å². The maximum atomic E-state index is 5.98. The summed E-state index contributed by atoms with van der Waals surface area (Å²) in [4.78, 5) is 4.20. The summed E-state index contributed by atoms with van der Waals surface area (Å²) in [5, 5.41) is 0. The molecule has 18 heavy (non-hydrogen) atoms. The van der Waals surface area contributed by atoms with Crippen LogP contribution in [0.3, 0.4) is 0 Å². The van der Waals surface area contributed by atoms with Gasteiger partial charge in [0.15, 0.2) is 0 Å². The van der Waals surface area contributed by atoms with Gasteiger partial charge in [0.05, 0.1) is 17.8 Å². The Morgan fingerprint density at radius 3 is 2.33 bits per heavy atom. The van der Waals surface area contributed by atoms with Gasteiger partial charge in [0.2, 0.25) is 0 Å². The van der Waals surface area contributed by atoms with Gasteiger partial charge in [0.1, 0.15) is 0 Å². The van der Waals surface area contributed by atoms with Crippen LogP contribution in [0.1, 0.15) is 33.3 Å². The van der Waals surface area contributed by atoms with Gasteiger partial charge in [-0.05, 0) is 33.3 Å². The molecule has 0 unspecified atom stereocenters. The lowest BCUT2D eigenvalue weighted by Gasteiger charge is -2.32. The van der Waals surface area contributed by atoms with E-state index < -0.39 is 0 Å². The molecule has 0 bridgehead atoms. The van der Waals surface area contributed by atoms with Crippen molar-refractivity contribution in [2.24, 2.45) is 0 Å². The molecule has 1 fully saturated rings. The summed E-state index contributed by atoms with van der Waals surface area (Å²) in [5.41, 5.74) is 1.30. The van der Waals surface area contributed by atoms with Crippen molar-refractivity contribution in [3.63, 3.8) is 0 Å². The molecule has 1 aromatic rings. The summed E-state index contributed by atoms with van der Waals surface area (Å²) < 4.78 is 17.1. The van der Waals surface area contributed by atoms with Gasteiger partial charge in [0.25, 0.3) is 0 Å². The first-order valence-electron chi connectivity index (χ1n) is 6.14. The molecule has 0 aliphatic carbocycles. The van der Waals surface area contributed by atoms with Gasteiger partial charge in [-0.1, -0.05) is 6.07 Å². The molecule has 98 valence electrons. The Kier molecular flexibility index (Phi) is 3.49. The van der Waals surface area contributed by atoms with Crippen molar-refractivity contribution in [3.8, 4) is 0 Å². The van der Waals surface area contributed by atoms with E-state index in [1.165, 1.54) is 0 Å². The minimum atomic E-state index is -0.362. The Morgan fingerprint density at radius 1 is 1.17 bits per heavy atom. The zero-order chi connectivity index (χ0) is 13.4. The highest BCUT2D eigenvalue weighted by atomic mass is 16.7. The number of hydrogen-bond acceptors (Lipinski definition) is 4. The van der Waals surface area contributed by atoms with Crippen LogP contribution in [0.5, 0.6) is 0 Å². The van der Waals surface area contributed by atoms with E-state index in [1.807, 2.05) is 33.8 Å². The molecule has 5 heteroatoms. The Hall–Kier alpha value is -0.905. The van der Waals surface area contributed by atoms with Crippen molar-refractivity contribution in [2.45, 2.75) is 45.5 Å². The smallest absolute Gasteiger partial charge is 0.399 e. The van der Waals surface area contributed by atoms with Gasteiger partial charge in [0, 0.05) is 25.0 Å². The molecule has 0 spiro atoms. The van der Waals surface area contributed by atoms with Gasteiger partial charge in [-0.2, -0.15) is 0 Å². The molecular formula is C13H20BNO3. The van der Waals surface area contributed by atoms with Crippen LogP contribution in [0.15, 0.2) is 18.5 Å². The van der Waals surface area contributed by atoms with E-state index in [-0.39, 0.29) is 18.3 Å². The lowest BCUT2D eigenvalue weighted by molar-refractivity contribution is 0.00578. The number of rotatable bonds is 3. The minimum absolute atomic E-state index is 0.324. The minimum Gasteiger partial charge on any atom is -0.399 e. The fourth-order valence-corrected chi connectivity index (χ4v) is 1.86. The highest BCUT2D eigenvalue weighted by Crippen LogP contribution is 2.36. The quantitative estimate of drug-likeness (QED) is 0.761. The van der Waals surface area contributed by atoms with Crippen LogP contribution in [-0.2, 0) is 20.7 Å². The van der Waals surface area contributed by atoms with Gasteiger partial charge in [-0.15, -0.1) is 0 Å². The largest absolute Gasteiger partial charge is 0.496 e. The molecule has 0 saturated carbocycles. The van der Waals surface area contributed by atoms with Gasteiger partial charge in [-0.25, -0.2) is 0 Å². The summed E-state index contributed by atoms with van der Waals surface area (Å²) in [5.74, 6) is 0. The Labute approximate surface area is 109 Å². The zero-order valence-electron chi connectivity index (χ0n) is 11.7. The molecule has 2 rings (SSSR count). The molecule has 0 N–H and O–H groups in total. The maximum absolute atomic E-state index is 5.98. The number of hydrogen-bond donors (Lipinski definition) is 0. The fourth-order valence-electron chi connectivity index (χ4n) is 1.86. The second-order valence-electron chi connectivity index (χ2n) is 5.65. The van der Waals surface area contributed by atoms with Crippen LogP contribution >= 0.6 is 0 Å². The molecule has 2 heterocycles. The average molecular weight is 249 g/mol. The van der Waals surface area contributed by atoms with Crippen LogP contribution in [-0.4, -0.2) is 30.4 Å². The monoisotopic (exact) mass is 249 g/mol. The van der Waals surface area contributed by atoms with Crippen molar-refractivity contribution in [3.05, 3.63) is 24.0 Å². The van der Waals surface area contributed by atoms with E-state index >= 15 is 0 Å². The van der Waals surface area contributed by atoms with Crippen LogP contribution < -0.4 is 5.46 Å². The third-order valence-electron chi connectivity index (χ3n) is 3.65. The van der Waals surface area contributed by atoms with Gasteiger partial charge in [-0.3, -0.25) is 4.98 Å². The molecule has 1 aliphatic rings. The second kappa shape index (κ2) is 4.65. The van der Waals surface area contributed by atoms with Crippen LogP contribution in [0.4, 0.5) is 0 Å². The first-order valence-corrected chi connectivity index (χ1v) is 6.14. The lowest BCUT2D eigenvalue weighted by atomic mass is 9.80. The summed E-state index contributed by atoms with van der Waals surface area (Å²) in [6, 6.07) is 2.01. The molecule has 0 radical (unpaired) electrons. The maximum Gasteiger partial charge on any atom is 0.496 e. The molecule has 1 saturated heterocycles. The van der Waals surface area contributed by atoms with E-state index in [2.05, 4.69) is 4.98 Å². The first kappa shape index (κ1) is 13.5. The molecule has 1 aromatic heterocycles. The number of ether oxygens (including phenoxy) is 1. The summed E-state index contributed by atoms with van der Waals surface area (Å²) in [7, 11) is 1.31. The first-order chi connectivity index (χ1) is 8.36. The molecular weight excluding hydrogens is 229 g/mol. The third-order valence-corrected chi connectivity index (χ3v) is 3.65. The average Bonchev–Trinajstić information content (AvgIpc) is 2.49. The Morgan fingerprint density at radius 2 is 1.78 bits per heavy atom. The molecule has 0 aromatic carbocycles. The standard InChI is InChI=1S/C13H20BNO3/c1-12(2)13(3,4)18-14(17-12)11-6-10(9-16-5)7-15-8-11/h6-8H,9H2,1-5H3. The topological polar surface area (TPSA) is 40.6 Å². The fraction of sp³-hybridized carbons (Fsp3) is 0.615. The third kappa shape index (κ3) is 2.43. The highest BCUT2D eigenvalue weighted by Gasteiger charge is 2.51. The van der Waals surface area contributed by atoms with Crippen molar-refractivity contribution >= 4 is 12.6 Å². The number of pyridine rings is 1. The van der Waals surface area contributed by atoms with E-state index in [0.717, 1.165) is 11.0 Å². The normalized spacial score (nSPS) is 21.3. The number of aromatic nitrogens is 1. The Balaban J connectivity index is 2.21. The summed E-state index contributed by atoms with van der Waals surface area (Å²) in [6.07, 6.45) is 3.57. The lowest BCUT2D eigenvalue weighted by Crippen LogP contribution is -2.41. The molecule has 0 amide bonds. The van der Waals surface area contributed by atoms with E-state index in [0.29, 0.717) is 6.61 Å². The summed E-state index contributed by atoms with van der Waals surface area (Å²) in [6.45, 7) is 8.71. The Bertz CT molecular complexity index is 418. The molecule has 4 nitrogen and oxygen atoms in total. The van der Waals surface area contributed by atoms with Crippen molar-refractivity contribution < 1.29 is 14.0 Å². The zero-order valence-corrected chi connectivity index (χ0v) is 11.7. The summed E-state index contributed by atoms with van der Waals surface area (Å²) >= 11 is 0. The van der Waals surface area contributed by atoms with Crippen LogP contribution in [0.2, 0.25) is 0 Å². The van der Waals surface area contributed by atoms with Crippen molar-refractivity contribution in [1.29, 1.82) is 0 Å². The predicted octanol–water partition coefficient (Wildman–Crippen LogP) is 1.53. The number of methoxy groups -OCH3 is 1. The van der Waals surface area contributed by atoms with Gasteiger partial charge < -0.3 is 14.0 Å². The number of nitrogens with zero attached hydrogens (tertiary/aromatic N) is 1. The van der Waals surface area contributed by atoms with Gasteiger partial charge >= 0.3 is 7.12 Å². The van der Waals surface area contributed by atoms with Crippen molar-refractivity contribution in [1.82, 2.24) is 4.98 Å². The predicted molar refractivity (Wildman–Crippen MR) is 70.7 cm³/mol. The van der Waals surface area contributed by atoms with E-state index in [9.17, 15) is 0 Å². The molecule has 1 aliphatic heterocycles. The van der Waals surface area contributed by atoms with E-state index in [4.69, 9.17) is 14.0 Å². The SMILES string of the molecule is COCc1cncc(B2OC(C)(C)C(C)(C)O2)c1. The second-order valence-corrected chi connectivity index (χ2v) is 5.65. The highest BCUT2D eigenvalue weighted by molar-refractivity contribution is 6.62.